The predicted octanol–water partition coefficient (Wildman–Crippen LogP) is 3.88. The summed E-state index contributed by atoms with van der Waals surface area (Å²) in [7, 11) is 0. The number of hydrogen-bond acceptors (Lipinski definition) is 2. The first-order valence-electron chi connectivity index (χ1n) is 7.11. The quantitative estimate of drug-likeness (QED) is 0.872. The van der Waals surface area contributed by atoms with Crippen LogP contribution in [0.15, 0.2) is 18.2 Å². The molecule has 0 amide bonds. The second kappa shape index (κ2) is 5.75. The van der Waals surface area contributed by atoms with E-state index in [9.17, 15) is 0 Å². The van der Waals surface area contributed by atoms with Crippen molar-refractivity contribution >= 4 is 0 Å². The molecule has 0 radical (unpaired) electrons. The van der Waals surface area contributed by atoms with Gasteiger partial charge in [0.2, 0.25) is 0 Å². The van der Waals surface area contributed by atoms with Gasteiger partial charge in [0.1, 0.15) is 5.75 Å². The summed E-state index contributed by atoms with van der Waals surface area (Å²) >= 11 is 0. The minimum atomic E-state index is 0.521. The molecule has 0 unspecified atom stereocenters. The zero-order valence-electron chi connectivity index (χ0n) is 12.0. The van der Waals surface area contributed by atoms with Gasteiger partial charge in [0.05, 0.1) is 6.61 Å². The molecule has 1 heterocycles. The van der Waals surface area contributed by atoms with Crippen LogP contribution >= 0.6 is 0 Å². The molecule has 0 bridgehead atoms. The third kappa shape index (κ3) is 2.86. The Morgan fingerprint density at radius 3 is 2.72 bits per heavy atom. The highest BCUT2D eigenvalue weighted by atomic mass is 16.5. The number of hydrogen-bond donors (Lipinski definition) is 1. The van der Waals surface area contributed by atoms with E-state index < -0.39 is 0 Å². The second-order valence-corrected chi connectivity index (χ2v) is 5.68. The second-order valence-electron chi connectivity index (χ2n) is 5.68. The van der Waals surface area contributed by atoms with Crippen LogP contribution in [0.5, 0.6) is 5.75 Å². The van der Waals surface area contributed by atoms with E-state index in [1.54, 1.807) is 0 Å². The van der Waals surface area contributed by atoms with Crippen LogP contribution in [-0.2, 0) is 0 Å². The van der Waals surface area contributed by atoms with E-state index in [0.29, 0.717) is 12.0 Å². The van der Waals surface area contributed by atoms with E-state index in [4.69, 9.17) is 4.74 Å². The molecule has 2 rings (SSSR count). The van der Waals surface area contributed by atoms with Gasteiger partial charge in [-0.2, -0.15) is 0 Å². The molecule has 1 saturated heterocycles. The molecule has 2 atom stereocenters. The van der Waals surface area contributed by atoms with Crippen molar-refractivity contribution < 1.29 is 4.74 Å². The third-order valence-electron chi connectivity index (χ3n) is 3.72. The lowest BCUT2D eigenvalue weighted by molar-refractivity contribution is 0.339. The van der Waals surface area contributed by atoms with Crippen molar-refractivity contribution in [3.8, 4) is 5.75 Å². The summed E-state index contributed by atoms with van der Waals surface area (Å²) in [4.78, 5) is 0. The normalized spacial score (nSPS) is 23.6. The Labute approximate surface area is 111 Å². The zero-order valence-corrected chi connectivity index (χ0v) is 12.0. The molecular weight excluding hydrogens is 222 g/mol. The minimum absolute atomic E-state index is 0.521. The SMILES string of the molecule is CCOc1ccc([C@@H]2C[C@@H](C)CN2)c(C(C)C)c1. The first-order valence-corrected chi connectivity index (χ1v) is 7.11. The molecule has 2 nitrogen and oxygen atoms in total. The Bertz CT molecular complexity index is 400. The Morgan fingerprint density at radius 2 is 2.17 bits per heavy atom. The molecule has 1 fully saturated rings. The van der Waals surface area contributed by atoms with E-state index >= 15 is 0 Å². The molecule has 1 aromatic rings. The average molecular weight is 247 g/mol. The molecule has 1 aliphatic heterocycles. The molecule has 1 aliphatic rings. The van der Waals surface area contributed by atoms with Crippen LogP contribution in [-0.4, -0.2) is 13.2 Å². The van der Waals surface area contributed by atoms with Crippen molar-refractivity contribution in [2.24, 2.45) is 5.92 Å². The lowest BCUT2D eigenvalue weighted by Gasteiger charge is -2.19. The highest BCUT2D eigenvalue weighted by Crippen LogP contribution is 2.34. The van der Waals surface area contributed by atoms with Crippen molar-refractivity contribution in [2.45, 2.75) is 46.1 Å². The Morgan fingerprint density at radius 1 is 1.39 bits per heavy atom. The fourth-order valence-electron chi connectivity index (χ4n) is 2.78. The molecule has 1 N–H and O–H groups in total. The summed E-state index contributed by atoms with van der Waals surface area (Å²) in [5, 5.41) is 3.63. The van der Waals surface area contributed by atoms with E-state index in [2.05, 4.69) is 44.3 Å². The van der Waals surface area contributed by atoms with E-state index in [1.165, 1.54) is 17.5 Å². The highest BCUT2D eigenvalue weighted by molar-refractivity contribution is 5.39. The van der Waals surface area contributed by atoms with Gasteiger partial charge in [0.15, 0.2) is 0 Å². The van der Waals surface area contributed by atoms with Crippen molar-refractivity contribution in [1.29, 1.82) is 0 Å². The van der Waals surface area contributed by atoms with Gasteiger partial charge in [-0.15, -0.1) is 0 Å². The fraction of sp³-hybridized carbons (Fsp3) is 0.625. The summed E-state index contributed by atoms with van der Waals surface area (Å²) in [6.45, 7) is 10.7. The van der Waals surface area contributed by atoms with Crippen molar-refractivity contribution in [3.05, 3.63) is 29.3 Å². The van der Waals surface area contributed by atoms with Crippen LogP contribution in [0.2, 0.25) is 0 Å². The Hall–Kier alpha value is -1.02. The molecule has 0 saturated carbocycles. The van der Waals surface area contributed by atoms with E-state index in [1.807, 2.05) is 6.92 Å². The van der Waals surface area contributed by atoms with Crippen LogP contribution in [0.25, 0.3) is 0 Å². The van der Waals surface area contributed by atoms with Crippen molar-refractivity contribution in [2.75, 3.05) is 13.2 Å². The van der Waals surface area contributed by atoms with Crippen LogP contribution in [0, 0.1) is 5.92 Å². The highest BCUT2D eigenvalue weighted by Gasteiger charge is 2.24. The number of rotatable bonds is 4. The number of nitrogens with one attached hydrogen (secondary N) is 1. The average Bonchev–Trinajstić information content (AvgIpc) is 2.76. The molecule has 2 heteroatoms. The fourth-order valence-corrected chi connectivity index (χ4v) is 2.78. The van der Waals surface area contributed by atoms with Gasteiger partial charge in [0.25, 0.3) is 0 Å². The zero-order chi connectivity index (χ0) is 13.1. The minimum Gasteiger partial charge on any atom is -0.494 e. The Kier molecular flexibility index (Phi) is 4.28. The van der Waals surface area contributed by atoms with Crippen LogP contribution in [0.4, 0.5) is 0 Å². The topological polar surface area (TPSA) is 21.3 Å². The summed E-state index contributed by atoms with van der Waals surface area (Å²) in [6.07, 6.45) is 1.24. The summed E-state index contributed by atoms with van der Waals surface area (Å²) in [5.41, 5.74) is 2.88. The van der Waals surface area contributed by atoms with Gasteiger partial charge in [-0.05, 0) is 55.0 Å². The van der Waals surface area contributed by atoms with Crippen LogP contribution < -0.4 is 10.1 Å². The molecule has 100 valence electrons. The van der Waals surface area contributed by atoms with E-state index in [0.717, 1.165) is 24.8 Å². The van der Waals surface area contributed by atoms with Crippen molar-refractivity contribution in [1.82, 2.24) is 5.32 Å². The monoisotopic (exact) mass is 247 g/mol. The number of benzene rings is 1. The first-order chi connectivity index (χ1) is 8.61. The maximum atomic E-state index is 5.62. The lowest BCUT2D eigenvalue weighted by Crippen LogP contribution is -2.15. The van der Waals surface area contributed by atoms with Gasteiger partial charge in [-0.1, -0.05) is 26.8 Å². The smallest absolute Gasteiger partial charge is 0.119 e. The lowest BCUT2D eigenvalue weighted by atomic mass is 9.91. The molecule has 1 aromatic carbocycles. The molecule has 0 spiro atoms. The third-order valence-corrected chi connectivity index (χ3v) is 3.72. The summed E-state index contributed by atoms with van der Waals surface area (Å²) in [6, 6.07) is 7.09. The molecule has 0 aliphatic carbocycles. The molecule has 0 aromatic heterocycles. The maximum absolute atomic E-state index is 5.62. The standard InChI is InChI=1S/C16H25NO/c1-5-18-13-6-7-14(15(9-13)11(2)3)16-8-12(4)10-17-16/h6-7,9,11-12,16-17H,5,8,10H2,1-4H3/t12-,16+/m1/s1. The van der Waals surface area contributed by atoms with E-state index in [-0.39, 0.29) is 0 Å². The number of ether oxygens (including phenoxy) is 1. The summed E-state index contributed by atoms with van der Waals surface area (Å²) < 4.78 is 5.62. The first kappa shape index (κ1) is 13.4. The Balaban J connectivity index is 2.28. The maximum Gasteiger partial charge on any atom is 0.119 e. The largest absolute Gasteiger partial charge is 0.494 e. The van der Waals surface area contributed by atoms with Crippen molar-refractivity contribution in [3.63, 3.8) is 0 Å². The van der Waals surface area contributed by atoms with Gasteiger partial charge >= 0.3 is 0 Å². The van der Waals surface area contributed by atoms with Crippen LogP contribution in [0.1, 0.15) is 57.2 Å². The van der Waals surface area contributed by atoms with Gasteiger partial charge in [-0.3, -0.25) is 0 Å². The molecule has 18 heavy (non-hydrogen) atoms. The molecular formula is C16H25NO. The van der Waals surface area contributed by atoms with Crippen LogP contribution in [0.3, 0.4) is 0 Å². The van der Waals surface area contributed by atoms with Gasteiger partial charge in [0, 0.05) is 6.04 Å². The van der Waals surface area contributed by atoms with Gasteiger partial charge in [-0.25, -0.2) is 0 Å². The predicted molar refractivity (Wildman–Crippen MR) is 76.2 cm³/mol. The summed E-state index contributed by atoms with van der Waals surface area (Å²) in [5.74, 6) is 2.32. The van der Waals surface area contributed by atoms with Gasteiger partial charge < -0.3 is 10.1 Å².